The molecule has 3 aromatic carbocycles. The van der Waals surface area contributed by atoms with E-state index < -0.39 is 5.91 Å². The number of nitrogens with one attached hydrogen (secondary N) is 1. The lowest BCUT2D eigenvalue weighted by Crippen LogP contribution is -2.24. The molecule has 1 N–H and O–H groups in total. The van der Waals surface area contributed by atoms with Crippen molar-refractivity contribution in [3.63, 3.8) is 0 Å². The molecule has 0 atom stereocenters. The molecule has 0 radical (unpaired) electrons. The highest BCUT2D eigenvalue weighted by Crippen LogP contribution is 2.32. The average Bonchev–Trinajstić information content (AvgIpc) is 2.86. The molecule has 0 aliphatic heterocycles. The average molecular weight is 749 g/mol. The number of hydrogen-bond acceptors (Lipinski definition) is 5. The molecule has 3 rings (SSSR count). The number of rotatable bonds is 9. The van der Waals surface area contributed by atoms with Gasteiger partial charge >= 0.3 is 0 Å². The van der Waals surface area contributed by atoms with Gasteiger partial charge in [0.15, 0.2) is 0 Å². The third-order valence-electron chi connectivity index (χ3n) is 5.02. The Hall–Kier alpha value is -2.20. The van der Waals surface area contributed by atoms with Crippen LogP contribution in [0, 0.1) is 18.5 Å². The third kappa shape index (κ3) is 7.41. The van der Waals surface area contributed by atoms with Gasteiger partial charge in [-0.25, -0.2) is 0 Å². The minimum absolute atomic E-state index is 0.0179. The standard InChI is InChI=1S/C26H20Cl2I2N2O4/c1-34-20-6-4-16(24(11-20)35-2)13-32-26(33)18(12-31)7-15-8-22(29)25(23(30)9-15)36-14-17-3-5-19(27)10-21(17)28/h3-11H,13-14H2,1-2H3,(H,32,33)/b18-7+. The van der Waals surface area contributed by atoms with E-state index >= 15 is 0 Å². The lowest BCUT2D eigenvalue weighted by molar-refractivity contribution is -0.117. The van der Waals surface area contributed by atoms with Gasteiger partial charge in [-0.2, -0.15) is 5.26 Å². The van der Waals surface area contributed by atoms with E-state index in [1.54, 1.807) is 50.6 Å². The first-order valence-electron chi connectivity index (χ1n) is 10.4. The quantitative estimate of drug-likeness (QED) is 0.145. The Morgan fingerprint density at radius 2 is 1.72 bits per heavy atom. The molecule has 0 saturated heterocycles. The molecule has 0 unspecified atom stereocenters. The van der Waals surface area contributed by atoms with Gasteiger partial charge in [-0.15, -0.1) is 0 Å². The Labute approximate surface area is 246 Å². The van der Waals surface area contributed by atoms with Crippen LogP contribution >= 0.6 is 68.4 Å². The molecule has 0 saturated carbocycles. The molecule has 0 fully saturated rings. The molecule has 0 aliphatic carbocycles. The summed E-state index contributed by atoms with van der Waals surface area (Å²) in [6, 6.07) is 16.2. The highest BCUT2D eigenvalue weighted by molar-refractivity contribution is 14.1. The number of hydrogen-bond donors (Lipinski definition) is 1. The summed E-state index contributed by atoms with van der Waals surface area (Å²) in [5.74, 6) is 1.43. The van der Waals surface area contributed by atoms with E-state index in [0.717, 1.165) is 18.3 Å². The molecule has 1 amide bonds. The molecule has 36 heavy (non-hydrogen) atoms. The molecule has 0 bridgehead atoms. The van der Waals surface area contributed by atoms with Gasteiger partial charge in [0, 0.05) is 33.8 Å². The topological polar surface area (TPSA) is 80.6 Å². The molecular formula is C26H20Cl2I2N2O4. The lowest BCUT2D eigenvalue weighted by Gasteiger charge is -2.13. The maximum Gasteiger partial charge on any atom is 0.262 e. The zero-order chi connectivity index (χ0) is 26.2. The number of ether oxygens (including phenoxy) is 3. The van der Waals surface area contributed by atoms with Crippen molar-refractivity contribution < 1.29 is 19.0 Å². The van der Waals surface area contributed by atoms with Crippen LogP contribution in [0.1, 0.15) is 16.7 Å². The van der Waals surface area contributed by atoms with E-state index in [1.165, 1.54) is 0 Å². The predicted octanol–water partition coefficient (Wildman–Crippen LogP) is 7.02. The zero-order valence-corrected chi connectivity index (χ0v) is 25.0. The van der Waals surface area contributed by atoms with Crippen molar-refractivity contribution in [3.05, 3.63) is 88.0 Å². The second kappa shape index (κ2) is 13.4. The smallest absolute Gasteiger partial charge is 0.262 e. The molecule has 6 nitrogen and oxygen atoms in total. The molecule has 186 valence electrons. The van der Waals surface area contributed by atoms with Gasteiger partial charge in [0.25, 0.3) is 5.91 Å². The van der Waals surface area contributed by atoms with Gasteiger partial charge in [-0.1, -0.05) is 29.3 Å². The Kier molecular flexibility index (Phi) is 10.5. The Balaban J connectivity index is 1.73. The highest BCUT2D eigenvalue weighted by Gasteiger charge is 2.14. The number of halogens is 4. The third-order valence-corrected chi connectivity index (χ3v) is 7.21. The van der Waals surface area contributed by atoms with Crippen molar-refractivity contribution >= 4 is 80.4 Å². The summed E-state index contributed by atoms with van der Waals surface area (Å²) in [7, 11) is 3.11. The van der Waals surface area contributed by atoms with E-state index in [2.05, 4.69) is 50.5 Å². The second-order valence-corrected chi connectivity index (χ2v) is 10.5. The van der Waals surface area contributed by atoms with Crippen LogP contribution in [0.15, 0.2) is 54.1 Å². The van der Waals surface area contributed by atoms with Crippen LogP contribution in [0.3, 0.4) is 0 Å². The molecule has 10 heteroatoms. The Morgan fingerprint density at radius 1 is 1.03 bits per heavy atom. The number of carbonyl (C=O) groups is 1. The first-order valence-corrected chi connectivity index (χ1v) is 13.3. The van der Waals surface area contributed by atoms with Crippen LogP contribution in [-0.2, 0) is 17.9 Å². The van der Waals surface area contributed by atoms with Crippen LogP contribution in [0.4, 0.5) is 0 Å². The van der Waals surface area contributed by atoms with Gasteiger partial charge in [0.1, 0.15) is 35.5 Å². The van der Waals surface area contributed by atoms with Crippen LogP contribution in [0.25, 0.3) is 6.08 Å². The van der Waals surface area contributed by atoms with Crippen molar-refractivity contribution in [1.82, 2.24) is 5.32 Å². The van der Waals surface area contributed by atoms with Crippen molar-refractivity contribution in [2.24, 2.45) is 0 Å². The van der Waals surface area contributed by atoms with E-state index in [0.29, 0.717) is 32.9 Å². The first-order chi connectivity index (χ1) is 17.2. The van der Waals surface area contributed by atoms with Crippen molar-refractivity contribution in [2.75, 3.05) is 14.2 Å². The van der Waals surface area contributed by atoms with Gasteiger partial charge in [0.2, 0.25) is 0 Å². The predicted molar refractivity (Wildman–Crippen MR) is 158 cm³/mol. The minimum atomic E-state index is -0.488. The normalized spacial score (nSPS) is 11.0. The van der Waals surface area contributed by atoms with E-state index in [9.17, 15) is 10.1 Å². The molecule has 0 aromatic heterocycles. The number of nitriles is 1. The van der Waals surface area contributed by atoms with E-state index in [1.807, 2.05) is 24.3 Å². The summed E-state index contributed by atoms with van der Waals surface area (Å²) >= 11 is 16.5. The lowest BCUT2D eigenvalue weighted by atomic mass is 10.1. The number of benzene rings is 3. The van der Waals surface area contributed by atoms with Crippen molar-refractivity contribution in [3.8, 4) is 23.3 Å². The largest absolute Gasteiger partial charge is 0.497 e. The van der Waals surface area contributed by atoms with Gasteiger partial charge < -0.3 is 19.5 Å². The number of methoxy groups -OCH3 is 2. The van der Waals surface area contributed by atoms with Crippen molar-refractivity contribution in [1.29, 1.82) is 5.26 Å². The van der Waals surface area contributed by atoms with Crippen molar-refractivity contribution in [2.45, 2.75) is 13.2 Å². The molecular weight excluding hydrogens is 729 g/mol. The minimum Gasteiger partial charge on any atom is -0.497 e. The maximum absolute atomic E-state index is 12.7. The summed E-state index contributed by atoms with van der Waals surface area (Å²) in [5, 5.41) is 13.5. The molecule has 0 heterocycles. The first kappa shape index (κ1) is 28.4. The monoisotopic (exact) mass is 748 g/mol. The number of carbonyl (C=O) groups excluding carboxylic acids is 1. The summed E-state index contributed by atoms with van der Waals surface area (Å²) in [4.78, 5) is 12.7. The van der Waals surface area contributed by atoms with Gasteiger partial charge in [-0.05, 0) is 93.2 Å². The highest BCUT2D eigenvalue weighted by atomic mass is 127. The summed E-state index contributed by atoms with van der Waals surface area (Å²) in [6.07, 6.45) is 1.55. The van der Waals surface area contributed by atoms with Crippen LogP contribution in [-0.4, -0.2) is 20.1 Å². The van der Waals surface area contributed by atoms with Gasteiger partial charge in [0.05, 0.1) is 21.4 Å². The fraction of sp³-hybridized carbons (Fsp3) is 0.154. The van der Waals surface area contributed by atoms with Crippen LogP contribution < -0.4 is 19.5 Å². The molecule has 0 spiro atoms. The fourth-order valence-corrected chi connectivity index (χ4v) is 5.76. The van der Waals surface area contributed by atoms with E-state index in [4.69, 9.17) is 37.4 Å². The SMILES string of the molecule is COc1ccc(CNC(=O)/C(C#N)=C/c2cc(I)c(OCc3ccc(Cl)cc3Cl)c(I)c2)c(OC)c1. The zero-order valence-electron chi connectivity index (χ0n) is 19.2. The summed E-state index contributed by atoms with van der Waals surface area (Å²) in [6.45, 7) is 0.470. The Morgan fingerprint density at radius 3 is 2.33 bits per heavy atom. The molecule has 3 aromatic rings. The Bertz CT molecular complexity index is 1330. The summed E-state index contributed by atoms with van der Waals surface area (Å²) in [5.41, 5.74) is 2.26. The fourth-order valence-electron chi connectivity index (χ4n) is 3.17. The van der Waals surface area contributed by atoms with Crippen LogP contribution in [0.2, 0.25) is 10.0 Å². The second-order valence-electron chi connectivity index (χ2n) is 7.37. The number of amides is 1. The molecule has 0 aliphatic rings. The maximum atomic E-state index is 12.7. The number of nitrogens with zero attached hydrogens (tertiary/aromatic N) is 1. The summed E-state index contributed by atoms with van der Waals surface area (Å²) < 4.78 is 18.2. The van der Waals surface area contributed by atoms with Crippen LogP contribution in [0.5, 0.6) is 17.2 Å². The van der Waals surface area contributed by atoms with E-state index in [-0.39, 0.29) is 18.7 Å². The van der Waals surface area contributed by atoms with Gasteiger partial charge in [-0.3, -0.25) is 4.79 Å².